The maximum absolute atomic E-state index is 8.57. The summed E-state index contributed by atoms with van der Waals surface area (Å²) in [7, 11) is 0. The lowest BCUT2D eigenvalue weighted by molar-refractivity contribution is 0.202. The minimum Gasteiger partial charge on any atom is -0.489 e. The van der Waals surface area contributed by atoms with Crippen molar-refractivity contribution < 1.29 is 9.84 Å². The van der Waals surface area contributed by atoms with E-state index in [1.54, 1.807) is 6.07 Å². The smallest absolute Gasteiger partial charge is 0.142 e. The molecule has 0 unspecified atom stereocenters. The molecular weight excluding hydrogens is 180 g/mol. The molecule has 78 valence electrons. The lowest BCUT2D eigenvalue weighted by Crippen LogP contribution is -2.06. The normalized spacial score (nSPS) is 10.1. The van der Waals surface area contributed by atoms with Crippen LogP contribution < -0.4 is 16.2 Å². The van der Waals surface area contributed by atoms with E-state index >= 15 is 0 Å². The molecule has 1 aromatic rings. The standard InChI is InChI=1S/C10H16N2O2/c11-4-3-8-1-2-10(9(12)7-8)14-6-5-13/h1-2,7,13H,3-6,11-12H2. The van der Waals surface area contributed by atoms with Gasteiger partial charge in [-0.3, -0.25) is 0 Å². The van der Waals surface area contributed by atoms with Crippen LogP contribution in [-0.2, 0) is 6.42 Å². The molecule has 0 saturated heterocycles. The third kappa shape index (κ3) is 2.90. The third-order valence-electron chi connectivity index (χ3n) is 1.86. The zero-order chi connectivity index (χ0) is 10.4. The lowest BCUT2D eigenvalue weighted by atomic mass is 10.1. The summed E-state index contributed by atoms with van der Waals surface area (Å²) in [6, 6.07) is 5.57. The second-order valence-electron chi connectivity index (χ2n) is 2.98. The third-order valence-corrected chi connectivity index (χ3v) is 1.86. The molecule has 0 atom stereocenters. The van der Waals surface area contributed by atoms with Crippen molar-refractivity contribution in [2.24, 2.45) is 5.73 Å². The second-order valence-corrected chi connectivity index (χ2v) is 2.98. The molecule has 1 aromatic carbocycles. The number of benzene rings is 1. The molecule has 4 heteroatoms. The van der Waals surface area contributed by atoms with Gasteiger partial charge in [0, 0.05) is 0 Å². The van der Waals surface area contributed by atoms with E-state index in [4.69, 9.17) is 21.3 Å². The average molecular weight is 196 g/mol. The molecule has 4 nitrogen and oxygen atoms in total. The van der Waals surface area contributed by atoms with E-state index in [0.29, 0.717) is 18.0 Å². The predicted octanol–water partition coefficient (Wildman–Crippen LogP) is 0.141. The SMILES string of the molecule is NCCc1ccc(OCCO)c(N)c1. The molecule has 0 spiro atoms. The van der Waals surface area contributed by atoms with Crippen LogP contribution in [0.1, 0.15) is 5.56 Å². The van der Waals surface area contributed by atoms with Gasteiger partial charge in [-0.2, -0.15) is 0 Å². The van der Waals surface area contributed by atoms with Crippen LogP contribution in [0, 0.1) is 0 Å². The Balaban J connectivity index is 2.68. The van der Waals surface area contributed by atoms with Gasteiger partial charge in [0.2, 0.25) is 0 Å². The van der Waals surface area contributed by atoms with Crippen molar-refractivity contribution >= 4 is 5.69 Å². The van der Waals surface area contributed by atoms with Crippen LogP contribution in [0.4, 0.5) is 5.69 Å². The van der Waals surface area contributed by atoms with Gasteiger partial charge in [-0.25, -0.2) is 0 Å². The van der Waals surface area contributed by atoms with Gasteiger partial charge < -0.3 is 21.3 Å². The minimum atomic E-state index is -0.00993. The summed E-state index contributed by atoms with van der Waals surface area (Å²) < 4.78 is 5.21. The molecule has 0 heterocycles. The van der Waals surface area contributed by atoms with Crippen LogP contribution in [-0.4, -0.2) is 24.9 Å². The monoisotopic (exact) mass is 196 g/mol. The van der Waals surface area contributed by atoms with Gasteiger partial charge in [0.15, 0.2) is 0 Å². The quantitative estimate of drug-likeness (QED) is 0.585. The van der Waals surface area contributed by atoms with Crippen LogP contribution in [0.3, 0.4) is 0 Å². The van der Waals surface area contributed by atoms with Crippen molar-refractivity contribution in [1.29, 1.82) is 0 Å². The van der Waals surface area contributed by atoms with Crippen molar-refractivity contribution in [2.75, 3.05) is 25.5 Å². The number of nitrogens with two attached hydrogens (primary N) is 2. The Morgan fingerprint density at radius 2 is 2.14 bits per heavy atom. The second kappa shape index (κ2) is 5.47. The van der Waals surface area contributed by atoms with Crippen molar-refractivity contribution in [3.8, 4) is 5.75 Å². The van der Waals surface area contributed by atoms with Gasteiger partial charge in [-0.15, -0.1) is 0 Å². The van der Waals surface area contributed by atoms with Crippen LogP contribution in [0.15, 0.2) is 18.2 Å². The average Bonchev–Trinajstić information content (AvgIpc) is 2.17. The summed E-state index contributed by atoms with van der Waals surface area (Å²) in [4.78, 5) is 0. The lowest BCUT2D eigenvalue weighted by Gasteiger charge is -2.08. The highest BCUT2D eigenvalue weighted by molar-refractivity contribution is 5.54. The summed E-state index contributed by atoms with van der Waals surface area (Å²) in [5, 5.41) is 8.57. The van der Waals surface area contributed by atoms with Crippen LogP contribution in [0.5, 0.6) is 5.75 Å². The molecule has 14 heavy (non-hydrogen) atoms. The summed E-state index contributed by atoms with van der Waals surface area (Å²) in [5.41, 5.74) is 12.9. The Morgan fingerprint density at radius 3 is 2.71 bits per heavy atom. The first-order valence-electron chi connectivity index (χ1n) is 4.60. The number of hydrogen-bond donors (Lipinski definition) is 3. The van der Waals surface area contributed by atoms with Gasteiger partial charge in [0.05, 0.1) is 12.3 Å². The molecule has 0 fully saturated rings. The summed E-state index contributed by atoms with van der Waals surface area (Å²) in [6.45, 7) is 0.862. The zero-order valence-electron chi connectivity index (χ0n) is 8.07. The maximum atomic E-state index is 8.57. The molecular formula is C10H16N2O2. The topological polar surface area (TPSA) is 81.5 Å². The molecule has 0 aliphatic rings. The van der Waals surface area contributed by atoms with E-state index in [2.05, 4.69) is 0 Å². The number of anilines is 1. The van der Waals surface area contributed by atoms with Gasteiger partial charge >= 0.3 is 0 Å². The largest absolute Gasteiger partial charge is 0.489 e. The number of nitrogen functional groups attached to an aromatic ring is 1. The fraction of sp³-hybridized carbons (Fsp3) is 0.400. The Bertz CT molecular complexity index is 289. The van der Waals surface area contributed by atoms with E-state index in [-0.39, 0.29) is 13.2 Å². The van der Waals surface area contributed by atoms with E-state index in [1.807, 2.05) is 12.1 Å². The first-order chi connectivity index (χ1) is 6.77. The molecule has 1 rings (SSSR count). The molecule has 0 amide bonds. The summed E-state index contributed by atoms with van der Waals surface area (Å²) in [6.07, 6.45) is 0.810. The first-order valence-corrected chi connectivity index (χ1v) is 4.60. The maximum Gasteiger partial charge on any atom is 0.142 e. The van der Waals surface area contributed by atoms with Gasteiger partial charge in [0.25, 0.3) is 0 Å². The van der Waals surface area contributed by atoms with E-state index < -0.39 is 0 Å². The Kier molecular flexibility index (Phi) is 4.22. The van der Waals surface area contributed by atoms with Gasteiger partial charge in [-0.1, -0.05) is 6.07 Å². The van der Waals surface area contributed by atoms with Gasteiger partial charge in [-0.05, 0) is 30.7 Å². The van der Waals surface area contributed by atoms with Crippen molar-refractivity contribution in [3.63, 3.8) is 0 Å². The highest BCUT2D eigenvalue weighted by Gasteiger charge is 2.01. The number of ether oxygens (including phenoxy) is 1. The van der Waals surface area contributed by atoms with E-state index in [9.17, 15) is 0 Å². The molecule has 5 N–H and O–H groups in total. The highest BCUT2D eigenvalue weighted by Crippen LogP contribution is 2.22. The fourth-order valence-corrected chi connectivity index (χ4v) is 1.21. The van der Waals surface area contributed by atoms with E-state index in [1.165, 1.54) is 0 Å². The van der Waals surface area contributed by atoms with Crippen LogP contribution in [0.25, 0.3) is 0 Å². The summed E-state index contributed by atoms with van der Waals surface area (Å²) >= 11 is 0. The van der Waals surface area contributed by atoms with Crippen LogP contribution in [0.2, 0.25) is 0 Å². The van der Waals surface area contributed by atoms with E-state index in [0.717, 1.165) is 12.0 Å². The molecule has 0 saturated carbocycles. The summed E-state index contributed by atoms with van der Waals surface area (Å²) in [5.74, 6) is 0.611. The number of aliphatic hydroxyl groups excluding tert-OH is 1. The van der Waals surface area contributed by atoms with Crippen LogP contribution >= 0.6 is 0 Å². The van der Waals surface area contributed by atoms with Crippen molar-refractivity contribution in [1.82, 2.24) is 0 Å². The number of aliphatic hydroxyl groups is 1. The number of hydrogen-bond acceptors (Lipinski definition) is 4. The van der Waals surface area contributed by atoms with Crippen molar-refractivity contribution in [2.45, 2.75) is 6.42 Å². The zero-order valence-corrected chi connectivity index (χ0v) is 8.07. The van der Waals surface area contributed by atoms with Gasteiger partial charge in [0.1, 0.15) is 12.4 Å². The van der Waals surface area contributed by atoms with Crippen molar-refractivity contribution in [3.05, 3.63) is 23.8 Å². The first kappa shape index (κ1) is 10.8. The molecule has 0 aliphatic heterocycles. The molecule has 0 radical (unpaired) electrons. The minimum absolute atomic E-state index is 0.00993. The Hall–Kier alpha value is -1.26. The Morgan fingerprint density at radius 1 is 1.36 bits per heavy atom. The highest BCUT2D eigenvalue weighted by atomic mass is 16.5. The molecule has 0 aromatic heterocycles. The molecule has 0 bridgehead atoms. The predicted molar refractivity (Wildman–Crippen MR) is 56.2 cm³/mol. The number of rotatable bonds is 5. The Labute approximate surface area is 83.5 Å². The molecule has 0 aliphatic carbocycles. The fourth-order valence-electron chi connectivity index (χ4n) is 1.21.